The maximum absolute atomic E-state index is 13.6. The Morgan fingerprint density at radius 3 is 2.19 bits per heavy atom. The van der Waals surface area contributed by atoms with E-state index >= 15 is 0 Å². The quantitative estimate of drug-likeness (QED) is 0.412. The monoisotopic (exact) mass is 517 g/mol. The van der Waals surface area contributed by atoms with Gasteiger partial charge in [0.2, 0.25) is 0 Å². The van der Waals surface area contributed by atoms with Crippen LogP contribution in [0.2, 0.25) is 0 Å². The largest absolute Gasteiger partial charge is 0.416 e. The summed E-state index contributed by atoms with van der Waals surface area (Å²) in [5, 5.41) is 9.29. The first kappa shape index (κ1) is 25.9. The number of aromatic nitrogens is 3. The number of likely N-dealkylation sites (tertiary alicyclic amines) is 1. The summed E-state index contributed by atoms with van der Waals surface area (Å²) in [5.41, 5.74) is -2.70. The van der Waals surface area contributed by atoms with Crippen LogP contribution in [0.25, 0.3) is 0 Å². The molecule has 13 heteroatoms. The van der Waals surface area contributed by atoms with Gasteiger partial charge >= 0.3 is 18.0 Å². The number of hydrogen-bond donors (Lipinski definition) is 3. The van der Waals surface area contributed by atoms with E-state index < -0.39 is 47.1 Å². The van der Waals surface area contributed by atoms with Crippen molar-refractivity contribution in [1.82, 2.24) is 25.4 Å². The van der Waals surface area contributed by atoms with Crippen molar-refractivity contribution in [3.05, 3.63) is 86.8 Å². The van der Waals surface area contributed by atoms with Crippen LogP contribution in [-0.2, 0) is 25.4 Å². The van der Waals surface area contributed by atoms with Crippen molar-refractivity contribution < 1.29 is 30.7 Å². The van der Waals surface area contributed by atoms with E-state index in [2.05, 4.69) is 20.5 Å². The van der Waals surface area contributed by atoms with Crippen LogP contribution >= 0.6 is 0 Å². The van der Waals surface area contributed by atoms with E-state index in [1.54, 1.807) is 12.1 Å². The van der Waals surface area contributed by atoms with E-state index in [0.717, 1.165) is 0 Å². The number of nitrogens with one attached hydrogen (secondary N) is 3. The first-order valence-corrected chi connectivity index (χ1v) is 11.0. The van der Waals surface area contributed by atoms with Gasteiger partial charge in [0.25, 0.3) is 0 Å². The Hall–Kier alpha value is -3.19. The van der Waals surface area contributed by atoms with Gasteiger partial charge < -0.3 is 5.32 Å². The van der Waals surface area contributed by atoms with Gasteiger partial charge in [0.15, 0.2) is 0 Å². The molecular weight excluding hydrogens is 495 g/mol. The highest BCUT2D eigenvalue weighted by molar-refractivity contribution is 5.34. The van der Waals surface area contributed by atoms with E-state index in [9.17, 15) is 35.5 Å². The van der Waals surface area contributed by atoms with Crippen LogP contribution in [0.15, 0.2) is 47.3 Å². The zero-order chi connectivity index (χ0) is 26.1. The molecule has 1 aliphatic rings. The summed E-state index contributed by atoms with van der Waals surface area (Å²) in [6.45, 7) is 0.556. The minimum absolute atomic E-state index is 0.0951. The molecule has 0 bridgehead atoms. The Kier molecular flexibility index (Phi) is 7.23. The average molecular weight is 517 g/mol. The standard InChI is InChI=1S/C23H22F7N5O/c24-17-5-3-14(4-6-17)20-18(2-1-7-35(20)12-19-32-21(36)34-33-19)31-11-13-8-15(22(25,26)27)10-16(9-13)23(28,29)30/h3-6,8-10,18,20,31H,1-2,7,11-12H2,(H2,32,33,34,36)/t18-,20-/m1/s1. The third kappa shape index (κ3) is 6.13. The van der Waals surface area contributed by atoms with Gasteiger partial charge in [0.1, 0.15) is 11.6 Å². The molecule has 0 amide bonds. The summed E-state index contributed by atoms with van der Waals surface area (Å²) in [5.74, 6) is -0.0913. The second-order valence-electron chi connectivity index (χ2n) is 8.64. The highest BCUT2D eigenvalue weighted by Gasteiger charge is 2.37. The first-order valence-electron chi connectivity index (χ1n) is 11.0. The van der Waals surface area contributed by atoms with Gasteiger partial charge in [-0.2, -0.15) is 31.4 Å². The molecule has 0 spiro atoms. The van der Waals surface area contributed by atoms with Gasteiger partial charge in [-0.3, -0.25) is 9.88 Å². The lowest BCUT2D eigenvalue weighted by atomic mass is 9.90. The van der Waals surface area contributed by atoms with Gasteiger partial charge in [-0.25, -0.2) is 14.3 Å². The number of aromatic amines is 2. The van der Waals surface area contributed by atoms with E-state index in [0.29, 0.717) is 42.9 Å². The topological polar surface area (TPSA) is 76.8 Å². The molecule has 4 rings (SSSR count). The molecule has 2 atom stereocenters. The van der Waals surface area contributed by atoms with E-state index in [1.807, 2.05) is 4.90 Å². The first-order chi connectivity index (χ1) is 16.9. The van der Waals surface area contributed by atoms with Gasteiger partial charge in [0, 0.05) is 12.6 Å². The number of halogens is 7. The van der Waals surface area contributed by atoms with Crippen LogP contribution in [0, 0.1) is 5.82 Å². The third-order valence-electron chi connectivity index (χ3n) is 6.07. The number of nitrogens with zero attached hydrogens (tertiary/aromatic N) is 2. The van der Waals surface area contributed by atoms with Crippen LogP contribution in [0.4, 0.5) is 30.7 Å². The van der Waals surface area contributed by atoms with Crippen molar-refractivity contribution in [3.63, 3.8) is 0 Å². The molecule has 1 aromatic heterocycles. The van der Waals surface area contributed by atoms with Crippen LogP contribution < -0.4 is 11.0 Å². The Morgan fingerprint density at radius 2 is 1.64 bits per heavy atom. The maximum atomic E-state index is 13.6. The zero-order valence-electron chi connectivity index (χ0n) is 18.7. The molecule has 3 N–H and O–H groups in total. The van der Waals surface area contributed by atoms with E-state index in [1.165, 1.54) is 12.1 Å². The van der Waals surface area contributed by atoms with Crippen molar-refractivity contribution in [2.75, 3.05) is 6.54 Å². The third-order valence-corrected chi connectivity index (χ3v) is 6.07. The lowest BCUT2D eigenvalue weighted by Crippen LogP contribution is -2.48. The van der Waals surface area contributed by atoms with Gasteiger partial charge in [-0.1, -0.05) is 12.1 Å². The number of alkyl halides is 6. The van der Waals surface area contributed by atoms with E-state index in [-0.39, 0.29) is 24.7 Å². The summed E-state index contributed by atoms with van der Waals surface area (Å²) in [7, 11) is 0. The Morgan fingerprint density at radius 1 is 1.00 bits per heavy atom. The summed E-state index contributed by atoms with van der Waals surface area (Å²) in [4.78, 5) is 16.0. The maximum Gasteiger partial charge on any atom is 0.416 e. The van der Waals surface area contributed by atoms with Crippen molar-refractivity contribution in [3.8, 4) is 0 Å². The average Bonchev–Trinajstić information content (AvgIpc) is 3.21. The van der Waals surface area contributed by atoms with Gasteiger partial charge in [-0.15, -0.1) is 0 Å². The van der Waals surface area contributed by atoms with Crippen molar-refractivity contribution in [2.45, 2.75) is 50.4 Å². The molecule has 3 aromatic rings. The van der Waals surface area contributed by atoms with Gasteiger partial charge in [-0.05, 0) is 60.8 Å². The number of hydrogen-bond acceptors (Lipinski definition) is 4. The molecule has 2 aromatic carbocycles. The second kappa shape index (κ2) is 10.1. The molecule has 1 aliphatic heterocycles. The molecule has 0 saturated carbocycles. The predicted molar refractivity (Wildman–Crippen MR) is 115 cm³/mol. The molecule has 0 aliphatic carbocycles. The summed E-state index contributed by atoms with van der Waals surface area (Å²) in [6.07, 6.45) is -8.63. The Labute approximate surface area is 200 Å². The molecule has 0 radical (unpaired) electrons. The minimum Gasteiger partial charge on any atom is -0.308 e. The van der Waals surface area contributed by atoms with Gasteiger partial charge in [0.05, 0.1) is 23.7 Å². The van der Waals surface area contributed by atoms with Crippen molar-refractivity contribution in [1.29, 1.82) is 0 Å². The second-order valence-corrected chi connectivity index (χ2v) is 8.64. The SMILES string of the molecule is O=c1[nH]nc(CN2CCC[C@@H](NCc3cc(C(F)(F)F)cc(C(F)(F)F)c3)[C@H]2c2ccc(F)cc2)[nH]1. The van der Waals surface area contributed by atoms with Crippen LogP contribution in [0.3, 0.4) is 0 Å². The molecule has 2 heterocycles. The molecule has 194 valence electrons. The van der Waals surface area contributed by atoms with E-state index in [4.69, 9.17) is 0 Å². The Bertz CT molecular complexity index is 1200. The fourth-order valence-corrected chi connectivity index (χ4v) is 4.50. The lowest BCUT2D eigenvalue weighted by Gasteiger charge is -2.42. The van der Waals surface area contributed by atoms with Crippen molar-refractivity contribution >= 4 is 0 Å². The Balaban J connectivity index is 1.61. The lowest BCUT2D eigenvalue weighted by molar-refractivity contribution is -0.143. The molecular formula is C23H22F7N5O. The normalized spacial score (nSPS) is 19.5. The fourth-order valence-electron chi connectivity index (χ4n) is 4.50. The highest BCUT2D eigenvalue weighted by atomic mass is 19.4. The van der Waals surface area contributed by atoms with Crippen LogP contribution in [-0.4, -0.2) is 32.7 Å². The number of H-pyrrole nitrogens is 2. The smallest absolute Gasteiger partial charge is 0.308 e. The summed E-state index contributed by atoms with van der Waals surface area (Å²) in [6, 6.07) is 6.40. The van der Waals surface area contributed by atoms with Crippen molar-refractivity contribution in [2.24, 2.45) is 0 Å². The minimum atomic E-state index is -4.94. The van der Waals surface area contributed by atoms with Crippen LogP contribution in [0.1, 0.15) is 47.0 Å². The molecule has 1 fully saturated rings. The number of piperidine rings is 1. The molecule has 36 heavy (non-hydrogen) atoms. The molecule has 0 unspecified atom stereocenters. The highest BCUT2D eigenvalue weighted by Crippen LogP contribution is 2.37. The number of benzene rings is 2. The number of rotatable bonds is 6. The molecule has 6 nitrogen and oxygen atoms in total. The summed E-state index contributed by atoms with van der Waals surface area (Å²) < 4.78 is 93.1. The van der Waals surface area contributed by atoms with Crippen LogP contribution in [0.5, 0.6) is 0 Å². The fraction of sp³-hybridized carbons (Fsp3) is 0.391. The summed E-state index contributed by atoms with van der Waals surface area (Å²) >= 11 is 0. The molecule has 1 saturated heterocycles. The predicted octanol–water partition coefficient (Wildman–Crippen LogP) is 4.77. The zero-order valence-corrected chi connectivity index (χ0v) is 18.7.